The van der Waals surface area contributed by atoms with Crippen molar-refractivity contribution in [1.82, 2.24) is 5.32 Å². The predicted molar refractivity (Wildman–Crippen MR) is 187 cm³/mol. The minimum atomic E-state index is -4.37. The molecule has 0 aromatic heterocycles. The van der Waals surface area contributed by atoms with Crippen LogP contribution in [0.5, 0.6) is 11.5 Å². The Hall–Kier alpha value is -4.95. The molecule has 0 saturated heterocycles. The van der Waals surface area contributed by atoms with Crippen molar-refractivity contribution in [2.45, 2.75) is 60.8 Å². The molecule has 0 saturated carbocycles. The highest BCUT2D eigenvalue weighted by atomic mass is 32.2. The number of ether oxygens (including phenoxy) is 2. The van der Waals surface area contributed by atoms with E-state index in [2.05, 4.69) is 15.5 Å². The summed E-state index contributed by atoms with van der Waals surface area (Å²) < 4.78 is 73.3. The number of carboxylic acid groups (broad SMARTS) is 1. The average Bonchev–Trinajstić information content (AvgIpc) is 3.09. The molecule has 14 heteroatoms. The number of benzene rings is 4. The topological polar surface area (TPSA) is 163 Å². The summed E-state index contributed by atoms with van der Waals surface area (Å²) in [5, 5.41) is 11.9. The Balaban J connectivity index is 1.54. The molecule has 0 bridgehead atoms. The van der Waals surface area contributed by atoms with E-state index >= 15 is 0 Å². The van der Waals surface area contributed by atoms with Gasteiger partial charge in [-0.05, 0) is 98.0 Å². The van der Waals surface area contributed by atoms with Crippen molar-refractivity contribution >= 4 is 43.2 Å². The van der Waals surface area contributed by atoms with Gasteiger partial charge in [0.05, 0.1) is 30.5 Å². The molecule has 0 heterocycles. The number of hydrazine groups is 1. The Morgan fingerprint density at radius 3 is 2.10 bits per heavy atom. The highest BCUT2D eigenvalue weighted by Crippen LogP contribution is 2.42. The fourth-order valence-corrected chi connectivity index (χ4v) is 9.82. The molecule has 258 valence electrons. The molecule has 0 spiro atoms. The molecule has 6 rings (SSSR count). The quantitative estimate of drug-likeness (QED) is 0.143. The lowest BCUT2D eigenvalue weighted by Gasteiger charge is -2.32. The molecule has 0 aliphatic heterocycles. The van der Waals surface area contributed by atoms with E-state index in [1.807, 2.05) is 0 Å². The maximum atomic E-state index is 14.8. The first-order chi connectivity index (χ1) is 23.5. The van der Waals surface area contributed by atoms with Crippen LogP contribution in [0, 0.1) is 0 Å². The van der Waals surface area contributed by atoms with Crippen LogP contribution < -0.4 is 29.4 Å². The molecule has 1 amide bonds. The van der Waals surface area contributed by atoms with E-state index < -0.39 is 32.2 Å². The Kier molecular flexibility index (Phi) is 9.61. The second-order valence-electron chi connectivity index (χ2n) is 11.9. The van der Waals surface area contributed by atoms with Gasteiger partial charge < -0.3 is 19.9 Å². The SMILES string of the molecule is COc1ccc(S(=O)(=O)N(Nc2cc(OC)c3c(c2S(=O)(=O)Nc2ccccc2)CC[C@H](NC(=O)O)C3)c2ccccc2)c2c1CCCC2. The number of rotatable bonds is 11. The van der Waals surface area contributed by atoms with Crippen LogP contribution in [0.1, 0.15) is 41.5 Å². The van der Waals surface area contributed by atoms with Crippen LogP contribution in [-0.2, 0) is 45.7 Å². The summed E-state index contributed by atoms with van der Waals surface area (Å²) in [6, 6.07) is 20.9. The third-order valence-corrected chi connectivity index (χ3v) is 12.1. The maximum Gasteiger partial charge on any atom is 0.404 e. The minimum absolute atomic E-state index is 0.0292. The van der Waals surface area contributed by atoms with Crippen molar-refractivity contribution in [2.24, 2.45) is 0 Å². The van der Waals surface area contributed by atoms with Crippen LogP contribution in [-0.4, -0.2) is 48.3 Å². The van der Waals surface area contributed by atoms with Crippen molar-refractivity contribution in [3.63, 3.8) is 0 Å². The molecule has 49 heavy (non-hydrogen) atoms. The Labute approximate surface area is 286 Å². The van der Waals surface area contributed by atoms with E-state index in [1.54, 1.807) is 73.8 Å². The van der Waals surface area contributed by atoms with Crippen molar-refractivity contribution in [3.8, 4) is 11.5 Å². The second-order valence-corrected chi connectivity index (χ2v) is 15.3. The summed E-state index contributed by atoms with van der Waals surface area (Å²) in [6.07, 6.45) is 2.43. The summed E-state index contributed by atoms with van der Waals surface area (Å²) in [6.45, 7) is 0. The molecular formula is C35H38N4O8S2. The third-order valence-electron chi connectivity index (χ3n) is 8.89. The van der Waals surface area contributed by atoms with Gasteiger partial charge >= 0.3 is 6.09 Å². The number of hydrogen-bond acceptors (Lipinski definition) is 8. The molecule has 0 radical (unpaired) electrons. The van der Waals surface area contributed by atoms with Gasteiger partial charge in [-0.3, -0.25) is 10.1 Å². The summed E-state index contributed by atoms with van der Waals surface area (Å²) in [7, 11) is -5.73. The lowest BCUT2D eigenvalue weighted by Crippen LogP contribution is -2.40. The van der Waals surface area contributed by atoms with Gasteiger partial charge in [0.2, 0.25) is 0 Å². The first-order valence-corrected chi connectivity index (χ1v) is 18.8. The lowest BCUT2D eigenvalue weighted by molar-refractivity contribution is 0.188. The number of methoxy groups -OCH3 is 2. The Morgan fingerprint density at radius 1 is 0.796 bits per heavy atom. The van der Waals surface area contributed by atoms with Gasteiger partial charge in [0.25, 0.3) is 20.0 Å². The highest BCUT2D eigenvalue weighted by Gasteiger charge is 2.36. The molecule has 4 aromatic carbocycles. The van der Waals surface area contributed by atoms with Gasteiger partial charge in [-0.15, -0.1) is 0 Å². The highest BCUT2D eigenvalue weighted by molar-refractivity contribution is 7.93. The number of sulfonamides is 2. The lowest BCUT2D eigenvalue weighted by atomic mass is 9.87. The Bertz CT molecular complexity index is 2080. The minimum Gasteiger partial charge on any atom is -0.496 e. The van der Waals surface area contributed by atoms with Crippen molar-refractivity contribution in [1.29, 1.82) is 0 Å². The van der Waals surface area contributed by atoms with Gasteiger partial charge in [0.15, 0.2) is 0 Å². The Morgan fingerprint density at radius 2 is 1.45 bits per heavy atom. The van der Waals surface area contributed by atoms with Crippen LogP contribution in [0.25, 0.3) is 0 Å². The fourth-order valence-electron chi connectivity index (χ4n) is 6.74. The van der Waals surface area contributed by atoms with Crippen molar-refractivity contribution in [2.75, 3.05) is 28.8 Å². The third kappa shape index (κ3) is 6.83. The normalized spacial score (nSPS) is 15.7. The number of carbonyl (C=O) groups is 1. The average molecular weight is 707 g/mol. The summed E-state index contributed by atoms with van der Waals surface area (Å²) in [5.74, 6) is 0.920. The van der Waals surface area contributed by atoms with Crippen LogP contribution in [0.4, 0.5) is 21.9 Å². The van der Waals surface area contributed by atoms with E-state index in [0.29, 0.717) is 53.1 Å². The molecule has 1 atom stereocenters. The molecule has 4 N–H and O–H groups in total. The molecule has 2 aliphatic carbocycles. The van der Waals surface area contributed by atoms with Gasteiger partial charge in [-0.1, -0.05) is 36.4 Å². The molecule has 0 unspecified atom stereocenters. The largest absolute Gasteiger partial charge is 0.496 e. The number of nitrogens with one attached hydrogen (secondary N) is 3. The van der Waals surface area contributed by atoms with Crippen LogP contribution >= 0.6 is 0 Å². The number of fused-ring (bicyclic) bond motifs is 2. The summed E-state index contributed by atoms with van der Waals surface area (Å²) in [4.78, 5) is 11.4. The van der Waals surface area contributed by atoms with E-state index in [9.17, 15) is 26.7 Å². The zero-order valence-electron chi connectivity index (χ0n) is 27.1. The second kappa shape index (κ2) is 13.9. The van der Waals surface area contributed by atoms with Crippen LogP contribution in [0.2, 0.25) is 0 Å². The molecule has 0 fully saturated rings. The number of amides is 1. The van der Waals surface area contributed by atoms with Crippen LogP contribution in [0.15, 0.2) is 88.7 Å². The van der Waals surface area contributed by atoms with Gasteiger partial charge in [0.1, 0.15) is 16.4 Å². The van der Waals surface area contributed by atoms with Gasteiger partial charge in [-0.2, -0.15) is 12.8 Å². The fraction of sp³-hybridized carbons (Fsp3) is 0.286. The summed E-state index contributed by atoms with van der Waals surface area (Å²) in [5.41, 5.74) is 5.99. The van der Waals surface area contributed by atoms with Gasteiger partial charge in [-0.25, -0.2) is 13.2 Å². The smallest absolute Gasteiger partial charge is 0.404 e. The standard InChI is InChI=1S/C35H38N4O8S2/c1-46-31-19-20-33(27-16-10-9-15-26(27)31)49(44,45)39(25-13-7-4-8-14-25)37-30-22-32(47-2)29-21-24(36-35(40)41)17-18-28(29)34(30)48(42,43)38-23-11-5-3-6-12-23/h3-8,11-14,19-20,22,24,36-38H,9-10,15-18,21H2,1-2H3,(H,40,41)/t24-/m0/s1. The zero-order valence-corrected chi connectivity index (χ0v) is 28.7. The van der Waals surface area contributed by atoms with Crippen molar-refractivity contribution in [3.05, 3.63) is 101 Å². The number of para-hydroxylation sites is 2. The number of hydrogen-bond donors (Lipinski definition) is 4. The van der Waals surface area contributed by atoms with E-state index in [4.69, 9.17) is 9.47 Å². The molecule has 12 nitrogen and oxygen atoms in total. The first-order valence-electron chi connectivity index (χ1n) is 15.9. The number of anilines is 3. The van der Waals surface area contributed by atoms with Crippen LogP contribution in [0.3, 0.4) is 0 Å². The zero-order chi connectivity index (χ0) is 34.8. The van der Waals surface area contributed by atoms with E-state index in [1.165, 1.54) is 19.2 Å². The molecule has 4 aromatic rings. The first kappa shape index (κ1) is 33.9. The van der Waals surface area contributed by atoms with Gasteiger partial charge in [0, 0.05) is 23.4 Å². The maximum absolute atomic E-state index is 14.8. The predicted octanol–water partition coefficient (Wildman–Crippen LogP) is 5.73. The van der Waals surface area contributed by atoms with E-state index in [-0.39, 0.29) is 34.0 Å². The van der Waals surface area contributed by atoms with Crippen molar-refractivity contribution < 1.29 is 36.2 Å². The van der Waals surface area contributed by atoms with E-state index in [0.717, 1.165) is 22.8 Å². The monoisotopic (exact) mass is 706 g/mol. The molecule has 2 aliphatic rings. The molecular weight excluding hydrogens is 669 g/mol. The number of nitrogens with zero attached hydrogens (tertiary/aromatic N) is 1. The summed E-state index contributed by atoms with van der Waals surface area (Å²) >= 11 is 0.